The van der Waals surface area contributed by atoms with Crippen LogP contribution in [0, 0.1) is 0 Å². The minimum absolute atomic E-state index is 0.516. The molecule has 0 aliphatic carbocycles. The maximum atomic E-state index is 6.13. The van der Waals surface area contributed by atoms with Crippen molar-refractivity contribution in [3.05, 3.63) is 64.1 Å². The average molecular weight is 331 g/mol. The summed E-state index contributed by atoms with van der Waals surface area (Å²) in [6, 6.07) is 17.3. The molecule has 1 aliphatic heterocycles. The number of hydrogen-bond acceptors (Lipinski definition) is 2. The van der Waals surface area contributed by atoms with Gasteiger partial charge in [-0.15, -0.1) is 0 Å². The second kappa shape index (κ2) is 5.98. The van der Waals surface area contributed by atoms with E-state index in [2.05, 4.69) is 57.2 Å². The second-order valence-corrected chi connectivity index (χ2v) is 6.20. The lowest BCUT2D eigenvalue weighted by Crippen LogP contribution is -2.23. The van der Waals surface area contributed by atoms with Crippen LogP contribution in [0.3, 0.4) is 0 Å². The number of nitrogens with zero attached hydrogens (tertiary/aromatic N) is 1. The highest BCUT2D eigenvalue weighted by Crippen LogP contribution is 2.35. The maximum absolute atomic E-state index is 6.13. The van der Waals surface area contributed by atoms with E-state index in [1.54, 1.807) is 0 Å². The summed E-state index contributed by atoms with van der Waals surface area (Å²) in [6.07, 6.45) is 2.48. The van der Waals surface area contributed by atoms with Gasteiger partial charge in [-0.1, -0.05) is 52.3 Å². The average Bonchev–Trinajstić information content (AvgIpc) is 2.92. The van der Waals surface area contributed by atoms with Gasteiger partial charge in [0.2, 0.25) is 0 Å². The van der Waals surface area contributed by atoms with Crippen molar-refractivity contribution in [1.82, 2.24) is 4.90 Å². The van der Waals surface area contributed by atoms with Gasteiger partial charge in [0.05, 0.1) is 0 Å². The Morgan fingerprint density at radius 3 is 2.65 bits per heavy atom. The Balaban J connectivity index is 1.83. The van der Waals surface area contributed by atoms with Crippen LogP contribution in [-0.2, 0) is 6.54 Å². The van der Waals surface area contributed by atoms with Gasteiger partial charge in [0.1, 0.15) is 0 Å². The molecule has 0 spiro atoms. The van der Waals surface area contributed by atoms with Gasteiger partial charge in [0.15, 0.2) is 0 Å². The lowest BCUT2D eigenvalue weighted by molar-refractivity contribution is 0.248. The van der Waals surface area contributed by atoms with Crippen LogP contribution in [-0.4, -0.2) is 11.4 Å². The first-order chi connectivity index (χ1) is 9.75. The van der Waals surface area contributed by atoms with Crippen molar-refractivity contribution in [3.8, 4) is 0 Å². The zero-order valence-electron chi connectivity index (χ0n) is 11.4. The minimum atomic E-state index is 0.516. The first-order valence-electron chi connectivity index (χ1n) is 7.07. The molecular weight excluding hydrogens is 312 g/mol. The molecule has 104 valence electrons. The van der Waals surface area contributed by atoms with Crippen LogP contribution < -0.4 is 5.73 Å². The monoisotopic (exact) mass is 330 g/mol. The Morgan fingerprint density at radius 1 is 1.10 bits per heavy atom. The summed E-state index contributed by atoms with van der Waals surface area (Å²) < 4.78 is 1.11. The van der Waals surface area contributed by atoms with E-state index >= 15 is 0 Å². The third-order valence-corrected chi connectivity index (χ3v) is 4.81. The molecular formula is C17H19BrN2. The van der Waals surface area contributed by atoms with Gasteiger partial charge in [0, 0.05) is 28.3 Å². The fourth-order valence-corrected chi connectivity index (χ4v) is 3.52. The number of halogens is 1. The predicted octanol–water partition coefficient (Wildman–Crippen LogP) is 4.37. The van der Waals surface area contributed by atoms with Gasteiger partial charge in [-0.2, -0.15) is 0 Å². The van der Waals surface area contributed by atoms with Gasteiger partial charge in [0.25, 0.3) is 0 Å². The van der Waals surface area contributed by atoms with Crippen molar-refractivity contribution >= 4 is 21.6 Å². The molecule has 3 heteroatoms. The van der Waals surface area contributed by atoms with Gasteiger partial charge in [-0.3, -0.25) is 4.90 Å². The molecule has 2 aromatic carbocycles. The Hall–Kier alpha value is -1.32. The van der Waals surface area contributed by atoms with Crippen molar-refractivity contribution in [2.45, 2.75) is 25.4 Å². The summed E-state index contributed by atoms with van der Waals surface area (Å²) in [6.45, 7) is 2.05. The van der Waals surface area contributed by atoms with Crippen LogP contribution in [0.2, 0.25) is 0 Å². The van der Waals surface area contributed by atoms with Gasteiger partial charge >= 0.3 is 0 Å². The number of nitrogen functional groups attached to an aromatic ring is 1. The Kier molecular flexibility index (Phi) is 4.08. The third kappa shape index (κ3) is 2.74. The van der Waals surface area contributed by atoms with E-state index in [1.165, 1.54) is 24.0 Å². The quantitative estimate of drug-likeness (QED) is 0.847. The molecule has 2 aromatic rings. The number of nitrogens with two attached hydrogens (primary N) is 1. The number of anilines is 1. The molecule has 0 aromatic heterocycles. The Bertz CT molecular complexity index is 563. The standard InChI is InChI=1S/C17H19BrN2/c18-15-8-4-9-16(19)14(15)12-20-11-5-10-17(20)13-6-2-1-3-7-13/h1-4,6-9,17H,5,10-12,19H2. The van der Waals surface area contributed by atoms with Crippen molar-refractivity contribution in [3.63, 3.8) is 0 Å². The topological polar surface area (TPSA) is 29.3 Å². The molecule has 1 saturated heterocycles. The first-order valence-corrected chi connectivity index (χ1v) is 7.87. The Labute approximate surface area is 128 Å². The molecule has 0 saturated carbocycles. The molecule has 1 unspecified atom stereocenters. The van der Waals surface area contributed by atoms with E-state index in [0.29, 0.717) is 6.04 Å². The van der Waals surface area contributed by atoms with E-state index in [1.807, 2.05) is 12.1 Å². The summed E-state index contributed by atoms with van der Waals surface area (Å²) in [4.78, 5) is 2.53. The highest BCUT2D eigenvalue weighted by molar-refractivity contribution is 9.10. The van der Waals surface area contributed by atoms with Crippen molar-refractivity contribution in [2.24, 2.45) is 0 Å². The van der Waals surface area contributed by atoms with E-state index in [9.17, 15) is 0 Å². The zero-order chi connectivity index (χ0) is 13.9. The molecule has 1 aliphatic rings. The zero-order valence-corrected chi connectivity index (χ0v) is 13.0. The lowest BCUT2D eigenvalue weighted by Gasteiger charge is -2.26. The summed E-state index contributed by atoms with van der Waals surface area (Å²) in [5.41, 5.74) is 9.62. The molecule has 20 heavy (non-hydrogen) atoms. The van der Waals surface area contributed by atoms with Crippen LogP contribution in [0.5, 0.6) is 0 Å². The highest BCUT2D eigenvalue weighted by atomic mass is 79.9. The van der Waals surface area contributed by atoms with Gasteiger partial charge in [-0.25, -0.2) is 0 Å². The maximum Gasteiger partial charge on any atom is 0.0371 e. The molecule has 2 nitrogen and oxygen atoms in total. The number of benzene rings is 2. The smallest absolute Gasteiger partial charge is 0.0371 e. The van der Waals surface area contributed by atoms with Gasteiger partial charge < -0.3 is 5.73 Å². The fourth-order valence-electron chi connectivity index (χ4n) is 3.01. The SMILES string of the molecule is Nc1cccc(Br)c1CN1CCCC1c1ccccc1. The summed E-state index contributed by atoms with van der Waals surface area (Å²) in [5, 5.41) is 0. The molecule has 3 rings (SSSR count). The molecule has 2 N–H and O–H groups in total. The van der Waals surface area contributed by atoms with E-state index in [-0.39, 0.29) is 0 Å². The number of hydrogen-bond donors (Lipinski definition) is 1. The van der Waals surface area contributed by atoms with Crippen LogP contribution in [0.4, 0.5) is 5.69 Å². The van der Waals surface area contributed by atoms with E-state index in [0.717, 1.165) is 23.2 Å². The molecule has 0 radical (unpaired) electrons. The molecule has 1 fully saturated rings. The van der Waals surface area contributed by atoms with Crippen LogP contribution in [0.1, 0.15) is 30.0 Å². The van der Waals surface area contributed by atoms with Crippen molar-refractivity contribution in [1.29, 1.82) is 0 Å². The summed E-state index contributed by atoms with van der Waals surface area (Å²) in [7, 11) is 0. The number of rotatable bonds is 3. The van der Waals surface area contributed by atoms with E-state index < -0.39 is 0 Å². The molecule has 1 heterocycles. The minimum Gasteiger partial charge on any atom is -0.398 e. The number of likely N-dealkylation sites (tertiary alicyclic amines) is 1. The first kappa shape index (κ1) is 13.7. The molecule has 1 atom stereocenters. The molecule has 0 amide bonds. The predicted molar refractivity (Wildman–Crippen MR) is 87.4 cm³/mol. The Morgan fingerprint density at radius 2 is 1.90 bits per heavy atom. The molecule has 0 bridgehead atoms. The van der Waals surface area contributed by atoms with Crippen LogP contribution in [0.15, 0.2) is 53.0 Å². The third-order valence-electron chi connectivity index (χ3n) is 4.06. The van der Waals surface area contributed by atoms with E-state index in [4.69, 9.17) is 5.73 Å². The van der Waals surface area contributed by atoms with Crippen molar-refractivity contribution < 1.29 is 0 Å². The largest absolute Gasteiger partial charge is 0.398 e. The van der Waals surface area contributed by atoms with Crippen molar-refractivity contribution in [2.75, 3.05) is 12.3 Å². The second-order valence-electron chi connectivity index (χ2n) is 5.35. The van der Waals surface area contributed by atoms with Crippen LogP contribution in [0.25, 0.3) is 0 Å². The fraction of sp³-hybridized carbons (Fsp3) is 0.294. The van der Waals surface area contributed by atoms with Crippen LogP contribution >= 0.6 is 15.9 Å². The van der Waals surface area contributed by atoms with Gasteiger partial charge in [-0.05, 0) is 37.1 Å². The highest BCUT2D eigenvalue weighted by Gasteiger charge is 2.26. The summed E-state index contributed by atoms with van der Waals surface area (Å²) in [5.74, 6) is 0. The lowest BCUT2D eigenvalue weighted by atomic mass is 10.0. The normalized spacial score (nSPS) is 19.4. The summed E-state index contributed by atoms with van der Waals surface area (Å²) >= 11 is 3.62.